The summed E-state index contributed by atoms with van der Waals surface area (Å²) in [6.45, 7) is 7.98. The van der Waals surface area contributed by atoms with Crippen molar-refractivity contribution in [2.75, 3.05) is 13.2 Å². The number of carbonyl (C=O) groups excluding carboxylic acids is 2. The van der Waals surface area contributed by atoms with Gasteiger partial charge >= 0.3 is 12.1 Å². The van der Waals surface area contributed by atoms with Crippen LogP contribution in [0.3, 0.4) is 0 Å². The first-order valence-electron chi connectivity index (χ1n) is 8.18. The van der Waals surface area contributed by atoms with E-state index in [0.717, 1.165) is 4.90 Å². The van der Waals surface area contributed by atoms with Gasteiger partial charge in [0.2, 0.25) is 0 Å². The van der Waals surface area contributed by atoms with E-state index in [2.05, 4.69) is 0 Å². The second-order valence-electron chi connectivity index (χ2n) is 6.69. The highest BCUT2D eigenvalue weighted by molar-refractivity contribution is 8.00. The molecule has 1 aliphatic rings. The zero-order valence-electron chi connectivity index (χ0n) is 14.7. The Hall–Kier alpha value is -1.69. The number of rotatable bonds is 4. The number of amides is 1. The van der Waals surface area contributed by atoms with Gasteiger partial charge in [-0.3, -0.25) is 4.90 Å². The van der Waals surface area contributed by atoms with Crippen LogP contribution in [0.5, 0.6) is 0 Å². The Bertz CT molecular complexity index is 570. The van der Waals surface area contributed by atoms with Crippen molar-refractivity contribution in [3.05, 3.63) is 30.3 Å². The normalized spacial score (nSPS) is 20.8. The summed E-state index contributed by atoms with van der Waals surface area (Å²) in [6.07, 6.45) is 0.106. The number of likely N-dealkylation sites (tertiary alicyclic amines) is 1. The zero-order valence-corrected chi connectivity index (χ0v) is 15.5. The fourth-order valence-corrected chi connectivity index (χ4v) is 3.77. The molecule has 0 aliphatic carbocycles. The Morgan fingerprint density at radius 2 is 1.92 bits per heavy atom. The Balaban J connectivity index is 2.10. The lowest BCUT2D eigenvalue weighted by molar-refractivity contribution is -0.148. The number of benzene rings is 1. The molecule has 1 fully saturated rings. The molecule has 0 aromatic heterocycles. The molecule has 0 unspecified atom stereocenters. The molecule has 132 valence electrons. The van der Waals surface area contributed by atoms with Gasteiger partial charge in [0, 0.05) is 16.7 Å². The molecule has 0 saturated carbocycles. The third kappa shape index (κ3) is 5.16. The smallest absolute Gasteiger partial charge is 0.411 e. The molecule has 1 amide bonds. The highest BCUT2D eigenvalue weighted by Crippen LogP contribution is 2.34. The molecule has 1 aromatic carbocycles. The summed E-state index contributed by atoms with van der Waals surface area (Å²) in [5, 5.41) is 0.134. The average molecular weight is 351 g/mol. The number of carbonyl (C=O) groups is 2. The largest absolute Gasteiger partial charge is 0.464 e. The van der Waals surface area contributed by atoms with Crippen LogP contribution in [0.2, 0.25) is 0 Å². The monoisotopic (exact) mass is 351 g/mol. The summed E-state index contributed by atoms with van der Waals surface area (Å²) in [4.78, 5) is 27.3. The van der Waals surface area contributed by atoms with E-state index in [1.54, 1.807) is 18.7 Å². The average Bonchev–Trinajstić information content (AvgIpc) is 2.91. The Labute approximate surface area is 147 Å². The number of hydrogen-bond acceptors (Lipinski definition) is 5. The van der Waals surface area contributed by atoms with Crippen molar-refractivity contribution in [2.24, 2.45) is 0 Å². The van der Waals surface area contributed by atoms with Gasteiger partial charge in [0.05, 0.1) is 6.61 Å². The minimum absolute atomic E-state index is 0.134. The topological polar surface area (TPSA) is 55.8 Å². The maximum Gasteiger partial charge on any atom is 0.411 e. The van der Waals surface area contributed by atoms with Crippen LogP contribution < -0.4 is 0 Å². The Morgan fingerprint density at radius 3 is 2.50 bits per heavy atom. The van der Waals surface area contributed by atoms with Crippen molar-refractivity contribution >= 4 is 23.8 Å². The Morgan fingerprint density at radius 1 is 1.25 bits per heavy atom. The van der Waals surface area contributed by atoms with Gasteiger partial charge in [-0.2, -0.15) is 0 Å². The van der Waals surface area contributed by atoms with E-state index in [-0.39, 0.29) is 11.2 Å². The van der Waals surface area contributed by atoms with E-state index in [4.69, 9.17) is 9.47 Å². The van der Waals surface area contributed by atoms with Gasteiger partial charge in [-0.15, -0.1) is 11.8 Å². The van der Waals surface area contributed by atoms with E-state index in [9.17, 15) is 9.59 Å². The van der Waals surface area contributed by atoms with Crippen LogP contribution in [0.25, 0.3) is 0 Å². The van der Waals surface area contributed by atoms with Gasteiger partial charge in [0.25, 0.3) is 0 Å². The highest BCUT2D eigenvalue weighted by atomic mass is 32.2. The lowest BCUT2D eigenvalue weighted by atomic mass is 10.2. The second-order valence-corrected chi connectivity index (χ2v) is 8.06. The molecular formula is C18H25NO4S. The minimum atomic E-state index is -0.596. The molecule has 1 saturated heterocycles. The van der Waals surface area contributed by atoms with E-state index >= 15 is 0 Å². The van der Waals surface area contributed by atoms with Gasteiger partial charge < -0.3 is 9.47 Å². The molecule has 1 aliphatic heterocycles. The summed E-state index contributed by atoms with van der Waals surface area (Å²) in [7, 11) is 0. The molecule has 0 radical (unpaired) electrons. The van der Waals surface area contributed by atoms with Crippen molar-refractivity contribution < 1.29 is 19.1 Å². The first-order chi connectivity index (χ1) is 11.3. The molecule has 6 heteroatoms. The predicted octanol–water partition coefficient (Wildman–Crippen LogP) is 3.72. The number of esters is 1. The van der Waals surface area contributed by atoms with Crippen molar-refractivity contribution in [1.29, 1.82) is 0 Å². The van der Waals surface area contributed by atoms with Gasteiger partial charge in [-0.05, 0) is 46.2 Å². The summed E-state index contributed by atoms with van der Waals surface area (Å²) in [6, 6.07) is 9.39. The predicted molar refractivity (Wildman–Crippen MR) is 94.1 cm³/mol. The highest BCUT2D eigenvalue weighted by Gasteiger charge is 2.42. The van der Waals surface area contributed by atoms with Crippen molar-refractivity contribution in [1.82, 2.24) is 4.90 Å². The third-order valence-electron chi connectivity index (χ3n) is 3.50. The molecule has 0 N–H and O–H groups in total. The van der Waals surface area contributed by atoms with Crippen LogP contribution in [0.4, 0.5) is 4.79 Å². The third-order valence-corrected chi connectivity index (χ3v) is 4.71. The number of thioether (sulfide) groups is 1. The van der Waals surface area contributed by atoms with E-state index in [0.29, 0.717) is 19.6 Å². The van der Waals surface area contributed by atoms with Crippen molar-refractivity contribution in [2.45, 2.75) is 55.9 Å². The van der Waals surface area contributed by atoms with Crippen LogP contribution >= 0.6 is 11.8 Å². The SMILES string of the molecule is CCOC(=O)[C@@H]1C[C@H](Sc2ccccc2)CN1C(=O)OC(C)(C)C. The molecule has 0 bridgehead atoms. The van der Waals surface area contributed by atoms with Crippen LogP contribution in [0.1, 0.15) is 34.1 Å². The standard InChI is InChI=1S/C18H25NO4S/c1-5-22-16(20)15-11-14(24-13-9-7-6-8-10-13)12-19(15)17(21)23-18(2,3)4/h6-10,14-15H,5,11-12H2,1-4H3/t14-,15-/m0/s1. The quantitative estimate of drug-likeness (QED) is 0.774. The van der Waals surface area contributed by atoms with Gasteiger partial charge in [0.15, 0.2) is 0 Å². The Kier molecular flexibility index (Phi) is 6.15. The van der Waals surface area contributed by atoms with Gasteiger partial charge in [-0.1, -0.05) is 18.2 Å². The lowest BCUT2D eigenvalue weighted by Gasteiger charge is -2.27. The first kappa shape index (κ1) is 18.6. The summed E-state index contributed by atoms with van der Waals surface area (Å²) in [5.74, 6) is -0.362. The molecular weight excluding hydrogens is 326 g/mol. The zero-order chi connectivity index (χ0) is 17.7. The maximum atomic E-state index is 12.5. The molecule has 2 atom stereocenters. The molecule has 0 spiro atoms. The number of nitrogens with zero attached hydrogens (tertiary/aromatic N) is 1. The van der Waals surface area contributed by atoms with Gasteiger partial charge in [-0.25, -0.2) is 9.59 Å². The number of ether oxygens (including phenoxy) is 2. The van der Waals surface area contributed by atoms with E-state index < -0.39 is 17.7 Å². The molecule has 24 heavy (non-hydrogen) atoms. The van der Waals surface area contributed by atoms with Crippen LogP contribution in [0.15, 0.2) is 35.2 Å². The minimum Gasteiger partial charge on any atom is -0.464 e. The van der Waals surface area contributed by atoms with E-state index in [1.807, 2.05) is 51.1 Å². The maximum absolute atomic E-state index is 12.5. The lowest BCUT2D eigenvalue weighted by Crippen LogP contribution is -2.44. The fourth-order valence-electron chi connectivity index (χ4n) is 2.56. The van der Waals surface area contributed by atoms with Gasteiger partial charge in [0.1, 0.15) is 11.6 Å². The first-order valence-corrected chi connectivity index (χ1v) is 9.06. The molecule has 1 heterocycles. The summed E-state index contributed by atoms with van der Waals surface area (Å²) < 4.78 is 10.6. The fraction of sp³-hybridized carbons (Fsp3) is 0.556. The molecule has 1 aromatic rings. The molecule has 5 nitrogen and oxygen atoms in total. The van der Waals surface area contributed by atoms with Crippen molar-refractivity contribution in [3.63, 3.8) is 0 Å². The summed E-state index contributed by atoms with van der Waals surface area (Å²) in [5.41, 5.74) is -0.596. The van der Waals surface area contributed by atoms with Crippen LogP contribution in [0, 0.1) is 0 Å². The molecule has 2 rings (SSSR count). The van der Waals surface area contributed by atoms with Crippen LogP contribution in [-0.2, 0) is 14.3 Å². The summed E-state index contributed by atoms with van der Waals surface area (Å²) >= 11 is 1.67. The van der Waals surface area contributed by atoms with Crippen molar-refractivity contribution in [3.8, 4) is 0 Å². The van der Waals surface area contributed by atoms with E-state index in [1.165, 1.54) is 4.90 Å². The van der Waals surface area contributed by atoms with Crippen LogP contribution in [-0.4, -0.2) is 47.0 Å². The number of hydrogen-bond donors (Lipinski definition) is 0. The second kappa shape index (κ2) is 7.92.